The van der Waals surface area contributed by atoms with Gasteiger partial charge in [0.2, 0.25) is 5.95 Å². The van der Waals surface area contributed by atoms with Crippen molar-refractivity contribution in [1.82, 2.24) is 19.7 Å². The van der Waals surface area contributed by atoms with Crippen LogP contribution in [0.1, 0.15) is 17.7 Å². The van der Waals surface area contributed by atoms with Crippen LogP contribution in [0.15, 0.2) is 42.9 Å². The monoisotopic (exact) mass is 389 g/mol. The molecule has 4 rings (SSSR count). The van der Waals surface area contributed by atoms with Gasteiger partial charge in [0.25, 0.3) is 0 Å². The lowest BCUT2D eigenvalue weighted by atomic mass is 10.1. The molecule has 3 aromatic rings. The van der Waals surface area contributed by atoms with Crippen LogP contribution in [0.25, 0.3) is 11.1 Å². The molecule has 146 valence electrons. The molecule has 28 heavy (non-hydrogen) atoms. The summed E-state index contributed by atoms with van der Waals surface area (Å²) in [5, 5.41) is 7.22. The second-order valence-corrected chi connectivity index (χ2v) is 6.71. The van der Waals surface area contributed by atoms with Crippen LogP contribution in [-0.4, -0.2) is 32.5 Å². The molecule has 0 bridgehead atoms. The number of aryl methyl sites for hydroxylation is 1. The number of halogens is 3. The van der Waals surface area contributed by atoms with Crippen LogP contribution in [0.3, 0.4) is 0 Å². The Labute approximate surface area is 159 Å². The summed E-state index contributed by atoms with van der Waals surface area (Å²) in [6.07, 6.45) is 1.50. The highest BCUT2D eigenvalue weighted by molar-refractivity contribution is 5.70. The summed E-state index contributed by atoms with van der Waals surface area (Å²) >= 11 is 0. The minimum atomic E-state index is -4.52. The van der Waals surface area contributed by atoms with Crippen molar-refractivity contribution in [3.05, 3.63) is 54.1 Å². The zero-order chi connectivity index (χ0) is 19.7. The molecule has 9 heteroatoms. The Hall–Kier alpha value is -2.94. The van der Waals surface area contributed by atoms with Gasteiger partial charge in [-0.3, -0.25) is 4.68 Å². The fraction of sp³-hybridized carbons (Fsp3) is 0.316. The molecule has 3 heterocycles. The van der Waals surface area contributed by atoms with Gasteiger partial charge in [-0.25, -0.2) is 9.97 Å². The molecule has 0 saturated carbocycles. The van der Waals surface area contributed by atoms with E-state index < -0.39 is 11.9 Å². The molecule has 1 aliphatic heterocycles. The lowest BCUT2D eigenvalue weighted by Gasteiger charge is -2.25. The first-order chi connectivity index (χ1) is 13.4. The summed E-state index contributed by atoms with van der Waals surface area (Å²) in [4.78, 5) is 7.43. The van der Waals surface area contributed by atoms with Crippen molar-refractivity contribution < 1.29 is 17.9 Å². The number of nitrogens with one attached hydrogen (secondary N) is 1. The molecule has 1 saturated heterocycles. The molecule has 0 amide bonds. The standard InChI is InChI=1S/C19H18F3N5O/c1-12-6-13(14-9-24-27(10-14)11-16-3-5-28-16)8-15(7-12)25-18-23-4-2-17(26-18)19(20,21)22/h2,4,6-10,16H,3,5,11H2,1H3,(H,23,25,26). The zero-order valence-electron chi connectivity index (χ0n) is 15.1. The van der Waals surface area contributed by atoms with Crippen molar-refractivity contribution in [2.24, 2.45) is 0 Å². The first kappa shape index (κ1) is 18.4. The van der Waals surface area contributed by atoms with E-state index in [4.69, 9.17) is 4.74 Å². The number of alkyl halides is 3. The zero-order valence-corrected chi connectivity index (χ0v) is 15.1. The lowest BCUT2D eigenvalue weighted by molar-refractivity contribution is -0.141. The highest BCUT2D eigenvalue weighted by Gasteiger charge is 2.32. The number of aromatic nitrogens is 4. The molecule has 2 aromatic heterocycles. The van der Waals surface area contributed by atoms with Crippen molar-refractivity contribution in [3.8, 4) is 11.1 Å². The summed E-state index contributed by atoms with van der Waals surface area (Å²) in [7, 11) is 0. The van der Waals surface area contributed by atoms with Crippen LogP contribution in [0, 0.1) is 6.92 Å². The largest absolute Gasteiger partial charge is 0.433 e. The average molecular weight is 389 g/mol. The van der Waals surface area contributed by atoms with Gasteiger partial charge in [-0.15, -0.1) is 0 Å². The Morgan fingerprint density at radius 2 is 2.07 bits per heavy atom. The van der Waals surface area contributed by atoms with E-state index in [2.05, 4.69) is 20.4 Å². The van der Waals surface area contributed by atoms with Crippen molar-refractivity contribution in [3.63, 3.8) is 0 Å². The summed E-state index contributed by atoms with van der Waals surface area (Å²) in [6.45, 7) is 3.41. The van der Waals surface area contributed by atoms with E-state index in [0.29, 0.717) is 12.2 Å². The van der Waals surface area contributed by atoms with E-state index in [1.165, 1.54) is 0 Å². The van der Waals surface area contributed by atoms with Crippen LogP contribution >= 0.6 is 0 Å². The molecule has 0 spiro atoms. The van der Waals surface area contributed by atoms with Crippen LogP contribution in [0.5, 0.6) is 0 Å². The lowest BCUT2D eigenvalue weighted by Crippen LogP contribution is -2.31. The van der Waals surface area contributed by atoms with Crippen LogP contribution < -0.4 is 5.32 Å². The maximum absolute atomic E-state index is 12.8. The van der Waals surface area contributed by atoms with Crippen molar-refractivity contribution in [1.29, 1.82) is 0 Å². The normalized spacial score (nSPS) is 16.6. The van der Waals surface area contributed by atoms with Gasteiger partial charge in [0.15, 0.2) is 0 Å². The van der Waals surface area contributed by atoms with E-state index in [1.807, 2.05) is 36.0 Å². The van der Waals surface area contributed by atoms with Crippen LogP contribution in [0.4, 0.5) is 24.8 Å². The van der Waals surface area contributed by atoms with Gasteiger partial charge >= 0.3 is 6.18 Å². The first-order valence-electron chi connectivity index (χ1n) is 8.80. The number of nitrogens with zero attached hydrogens (tertiary/aromatic N) is 4. The molecular weight excluding hydrogens is 371 g/mol. The topological polar surface area (TPSA) is 64.9 Å². The Bertz CT molecular complexity index is 982. The van der Waals surface area contributed by atoms with Gasteiger partial charge in [-0.1, -0.05) is 6.07 Å². The van der Waals surface area contributed by atoms with Gasteiger partial charge in [-0.05, 0) is 42.7 Å². The van der Waals surface area contributed by atoms with Gasteiger partial charge in [-0.2, -0.15) is 18.3 Å². The van der Waals surface area contributed by atoms with Crippen molar-refractivity contribution in [2.45, 2.75) is 32.2 Å². The Morgan fingerprint density at radius 1 is 1.25 bits per heavy atom. The maximum Gasteiger partial charge on any atom is 0.433 e. The molecule has 0 aliphatic carbocycles. The fourth-order valence-electron chi connectivity index (χ4n) is 2.98. The van der Waals surface area contributed by atoms with E-state index in [1.54, 1.807) is 6.20 Å². The summed E-state index contributed by atoms with van der Waals surface area (Å²) in [5.41, 5.74) is 2.37. The van der Waals surface area contributed by atoms with Gasteiger partial charge < -0.3 is 10.1 Å². The minimum absolute atomic E-state index is 0.107. The Morgan fingerprint density at radius 3 is 2.79 bits per heavy atom. The van der Waals surface area contributed by atoms with Crippen LogP contribution in [-0.2, 0) is 17.5 Å². The predicted molar refractivity (Wildman–Crippen MR) is 97.1 cm³/mol. The van der Waals surface area contributed by atoms with Gasteiger partial charge in [0.1, 0.15) is 5.69 Å². The number of ether oxygens (including phenoxy) is 1. The molecule has 1 N–H and O–H groups in total. The molecule has 1 atom stereocenters. The molecule has 1 unspecified atom stereocenters. The third-order valence-electron chi connectivity index (χ3n) is 4.43. The van der Waals surface area contributed by atoms with Crippen LogP contribution in [0.2, 0.25) is 0 Å². The van der Waals surface area contributed by atoms with Crippen molar-refractivity contribution in [2.75, 3.05) is 11.9 Å². The third-order valence-corrected chi connectivity index (χ3v) is 4.43. The predicted octanol–water partition coefficient (Wildman–Crippen LogP) is 4.20. The van der Waals surface area contributed by atoms with E-state index in [-0.39, 0.29) is 12.1 Å². The molecule has 1 aromatic carbocycles. The highest BCUT2D eigenvalue weighted by atomic mass is 19.4. The molecule has 1 aliphatic rings. The number of hydrogen-bond acceptors (Lipinski definition) is 5. The third kappa shape index (κ3) is 4.14. The number of rotatable bonds is 5. The van der Waals surface area contributed by atoms with Gasteiger partial charge in [0, 0.05) is 30.3 Å². The SMILES string of the molecule is Cc1cc(Nc2nccc(C(F)(F)F)n2)cc(-c2cnn(CC3CCO3)c2)c1. The van der Waals surface area contributed by atoms with Gasteiger partial charge in [0.05, 0.1) is 18.8 Å². The number of benzene rings is 1. The number of hydrogen-bond donors (Lipinski definition) is 1. The van der Waals surface area contributed by atoms with Crippen molar-refractivity contribution >= 4 is 11.6 Å². The highest BCUT2D eigenvalue weighted by Crippen LogP contribution is 2.29. The fourth-order valence-corrected chi connectivity index (χ4v) is 2.98. The maximum atomic E-state index is 12.8. The Balaban J connectivity index is 1.56. The minimum Gasteiger partial charge on any atom is -0.376 e. The Kier molecular flexibility index (Phi) is 4.76. The summed E-state index contributed by atoms with van der Waals surface area (Å²) in [5.74, 6) is -0.107. The van der Waals surface area contributed by atoms with E-state index in [9.17, 15) is 13.2 Å². The van der Waals surface area contributed by atoms with E-state index >= 15 is 0 Å². The quantitative estimate of drug-likeness (QED) is 0.709. The van der Waals surface area contributed by atoms with E-state index in [0.717, 1.165) is 42.0 Å². The smallest absolute Gasteiger partial charge is 0.376 e. The second-order valence-electron chi connectivity index (χ2n) is 6.71. The second kappa shape index (κ2) is 7.23. The average Bonchev–Trinajstić information content (AvgIpc) is 3.06. The number of anilines is 2. The molecular formula is C19H18F3N5O. The molecule has 6 nitrogen and oxygen atoms in total. The molecule has 0 radical (unpaired) electrons. The first-order valence-corrected chi connectivity index (χ1v) is 8.80. The summed E-state index contributed by atoms with van der Waals surface area (Å²) < 4.78 is 45.8. The molecule has 1 fully saturated rings. The summed E-state index contributed by atoms with van der Waals surface area (Å²) in [6, 6.07) is 6.48.